The Morgan fingerprint density at radius 3 is 2.52 bits per heavy atom. The van der Waals surface area contributed by atoms with Crippen LogP contribution in [-0.2, 0) is 0 Å². The summed E-state index contributed by atoms with van der Waals surface area (Å²) in [5, 5.41) is 9.18. The average Bonchev–Trinajstić information content (AvgIpc) is 3.05. The maximum Gasteiger partial charge on any atom is 0.352 e. The fourth-order valence-electron chi connectivity index (χ4n) is 3.18. The highest BCUT2D eigenvalue weighted by Crippen LogP contribution is 2.31. The van der Waals surface area contributed by atoms with Gasteiger partial charge in [0.1, 0.15) is 22.7 Å². The molecule has 1 aliphatic heterocycles. The fourth-order valence-corrected chi connectivity index (χ4v) is 3.18. The average molecular weight is 340 g/mol. The number of aromatic carboxylic acids is 1. The van der Waals surface area contributed by atoms with Crippen molar-refractivity contribution < 1.29 is 14.3 Å². The predicted octanol–water partition coefficient (Wildman–Crippen LogP) is 3.45. The molecule has 2 N–H and O–H groups in total. The molecule has 0 bridgehead atoms. The van der Waals surface area contributed by atoms with Crippen LogP contribution in [0.3, 0.4) is 0 Å². The summed E-state index contributed by atoms with van der Waals surface area (Å²) in [6.45, 7) is 1.75. The number of hydrogen-bond donors (Lipinski definition) is 2. The van der Waals surface area contributed by atoms with Crippen LogP contribution >= 0.6 is 0 Å². The molecule has 0 spiro atoms. The van der Waals surface area contributed by atoms with Gasteiger partial charge in [-0.15, -0.1) is 0 Å². The van der Waals surface area contributed by atoms with Gasteiger partial charge >= 0.3 is 5.97 Å². The Kier molecular flexibility index (Phi) is 3.83. The number of carboxylic acid groups (broad SMARTS) is 1. The van der Waals surface area contributed by atoms with Gasteiger partial charge in [0.25, 0.3) is 0 Å². The van der Waals surface area contributed by atoms with E-state index in [1.165, 1.54) is 24.6 Å². The lowest BCUT2D eigenvalue weighted by molar-refractivity contribution is 0.0691. The van der Waals surface area contributed by atoms with Gasteiger partial charge in [-0.1, -0.05) is 0 Å². The third-order valence-corrected chi connectivity index (χ3v) is 4.44. The normalized spacial score (nSPS) is 14.8. The van der Waals surface area contributed by atoms with E-state index in [-0.39, 0.29) is 11.5 Å². The van der Waals surface area contributed by atoms with E-state index in [1.807, 2.05) is 0 Å². The van der Waals surface area contributed by atoms with Crippen molar-refractivity contribution in [3.8, 4) is 11.3 Å². The second kappa shape index (κ2) is 6.16. The van der Waals surface area contributed by atoms with Crippen molar-refractivity contribution in [1.29, 1.82) is 0 Å². The maximum atomic E-state index is 13.3. The zero-order chi connectivity index (χ0) is 17.4. The zero-order valence-electron chi connectivity index (χ0n) is 13.5. The van der Waals surface area contributed by atoms with Crippen LogP contribution in [0.1, 0.15) is 29.8 Å². The molecule has 128 valence electrons. The molecule has 0 aliphatic carbocycles. The molecule has 0 radical (unpaired) electrons. The third-order valence-electron chi connectivity index (χ3n) is 4.44. The Hall–Kier alpha value is -2.96. The summed E-state index contributed by atoms with van der Waals surface area (Å²) < 4.78 is 13.3. The Bertz CT molecular complexity index is 930. The highest BCUT2D eigenvalue weighted by molar-refractivity contribution is 5.92. The number of fused-ring (bicyclic) bond motifs is 1. The van der Waals surface area contributed by atoms with E-state index in [1.54, 1.807) is 12.1 Å². The second-order valence-corrected chi connectivity index (χ2v) is 6.17. The van der Waals surface area contributed by atoms with E-state index in [4.69, 9.17) is 0 Å². The minimum Gasteiger partial charge on any atom is -0.477 e. The number of anilines is 1. The van der Waals surface area contributed by atoms with Crippen molar-refractivity contribution in [2.75, 3.05) is 18.0 Å². The molecule has 1 aliphatic rings. The van der Waals surface area contributed by atoms with Crippen LogP contribution in [0.25, 0.3) is 22.4 Å². The summed E-state index contributed by atoms with van der Waals surface area (Å²) >= 11 is 0. The van der Waals surface area contributed by atoms with Crippen LogP contribution in [0.4, 0.5) is 10.2 Å². The molecular formula is C18H17FN4O2. The molecule has 0 atom stereocenters. The van der Waals surface area contributed by atoms with Crippen LogP contribution in [0.5, 0.6) is 0 Å². The van der Waals surface area contributed by atoms with Crippen molar-refractivity contribution in [2.24, 2.45) is 0 Å². The maximum absolute atomic E-state index is 13.3. The van der Waals surface area contributed by atoms with Crippen molar-refractivity contribution in [1.82, 2.24) is 15.0 Å². The first kappa shape index (κ1) is 15.6. The highest BCUT2D eigenvalue weighted by atomic mass is 19.1. The summed E-state index contributed by atoms with van der Waals surface area (Å²) in [6, 6.07) is 7.59. The molecule has 4 rings (SSSR count). The molecule has 1 saturated heterocycles. The van der Waals surface area contributed by atoms with Crippen LogP contribution in [0.15, 0.2) is 30.3 Å². The van der Waals surface area contributed by atoms with Gasteiger partial charge in [0.2, 0.25) is 0 Å². The van der Waals surface area contributed by atoms with Gasteiger partial charge in [-0.3, -0.25) is 0 Å². The Balaban J connectivity index is 1.89. The largest absolute Gasteiger partial charge is 0.477 e. The molecule has 0 saturated carbocycles. The molecular weight excluding hydrogens is 323 g/mol. The molecule has 1 fully saturated rings. The number of nitrogens with zero attached hydrogens (tertiary/aromatic N) is 3. The predicted molar refractivity (Wildman–Crippen MR) is 92.3 cm³/mol. The second-order valence-electron chi connectivity index (χ2n) is 6.17. The fraction of sp³-hybridized carbons (Fsp3) is 0.278. The number of nitrogens with one attached hydrogen (secondary N) is 1. The lowest BCUT2D eigenvalue weighted by Gasteiger charge is -2.29. The number of piperidine rings is 1. The summed E-state index contributed by atoms with van der Waals surface area (Å²) in [6.07, 6.45) is 3.34. The smallest absolute Gasteiger partial charge is 0.352 e. The number of carboxylic acids is 1. The summed E-state index contributed by atoms with van der Waals surface area (Å²) in [5.74, 6) is -0.660. The Labute approximate surface area is 143 Å². The standard InChI is InChI=1S/C18H17FN4O2/c19-12-6-4-11(5-7-12)15-17(23-8-2-1-3-9-23)22-16-13(20-15)10-14(21-16)18(24)25/h4-7,10H,1-3,8-9H2,(H,21,22)(H,24,25). The number of rotatable bonds is 3. The van der Waals surface area contributed by atoms with Gasteiger partial charge in [-0.2, -0.15) is 0 Å². The van der Waals surface area contributed by atoms with Crippen LogP contribution in [0.2, 0.25) is 0 Å². The van der Waals surface area contributed by atoms with Gasteiger partial charge < -0.3 is 15.0 Å². The minimum absolute atomic E-state index is 0.0517. The topological polar surface area (TPSA) is 82.1 Å². The summed E-state index contributed by atoms with van der Waals surface area (Å²) in [4.78, 5) is 25.5. The summed E-state index contributed by atoms with van der Waals surface area (Å²) in [7, 11) is 0. The van der Waals surface area contributed by atoms with E-state index >= 15 is 0 Å². The molecule has 0 unspecified atom stereocenters. The molecule has 7 heteroatoms. The van der Waals surface area contributed by atoms with E-state index in [0.29, 0.717) is 22.7 Å². The third kappa shape index (κ3) is 2.93. The van der Waals surface area contributed by atoms with Crippen molar-refractivity contribution in [3.63, 3.8) is 0 Å². The van der Waals surface area contributed by atoms with Crippen LogP contribution in [-0.4, -0.2) is 39.1 Å². The van der Waals surface area contributed by atoms with Crippen LogP contribution < -0.4 is 4.90 Å². The molecule has 3 aromatic rings. The van der Waals surface area contributed by atoms with Crippen molar-refractivity contribution >= 4 is 23.0 Å². The molecule has 0 amide bonds. The van der Waals surface area contributed by atoms with Gasteiger partial charge in [-0.25, -0.2) is 19.2 Å². The van der Waals surface area contributed by atoms with Gasteiger partial charge in [0.15, 0.2) is 11.5 Å². The van der Waals surface area contributed by atoms with Crippen LogP contribution in [0, 0.1) is 5.82 Å². The van der Waals surface area contributed by atoms with E-state index in [2.05, 4.69) is 19.9 Å². The SMILES string of the molecule is O=C(O)c1cc2nc(-c3ccc(F)cc3)c(N3CCCCC3)nc2[nH]1. The van der Waals surface area contributed by atoms with Gasteiger partial charge in [-0.05, 0) is 49.6 Å². The lowest BCUT2D eigenvalue weighted by atomic mass is 10.1. The number of benzene rings is 1. The monoisotopic (exact) mass is 340 g/mol. The number of halogens is 1. The van der Waals surface area contributed by atoms with E-state index in [0.717, 1.165) is 31.5 Å². The summed E-state index contributed by atoms with van der Waals surface area (Å²) in [5.41, 5.74) is 2.39. The van der Waals surface area contributed by atoms with Gasteiger partial charge in [0.05, 0.1) is 0 Å². The molecule has 1 aromatic carbocycles. The van der Waals surface area contributed by atoms with Gasteiger partial charge in [0, 0.05) is 18.7 Å². The number of aromatic nitrogens is 3. The first-order valence-electron chi connectivity index (χ1n) is 8.27. The molecule has 2 aromatic heterocycles. The molecule has 25 heavy (non-hydrogen) atoms. The zero-order valence-corrected chi connectivity index (χ0v) is 13.5. The number of carbonyl (C=O) groups is 1. The van der Waals surface area contributed by atoms with E-state index < -0.39 is 5.97 Å². The Morgan fingerprint density at radius 2 is 1.84 bits per heavy atom. The minimum atomic E-state index is -1.05. The quantitative estimate of drug-likeness (QED) is 0.763. The number of aromatic amines is 1. The lowest BCUT2D eigenvalue weighted by Crippen LogP contribution is -2.30. The molecule has 6 nitrogen and oxygen atoms in total. The van der Waals surface area contributed by atoms with Crippen molar-refractivity contribution in [2.45, 2.75) is 19.3 Å². The first-order valence-corrected chi connectivity index (χ1v) is 8.27. The number of H-pyrrole nitrogens is 1. The number of hydrogen-bond acceptors (Lipinski definition) is 4. The van der Waals surface area contributed by atoms with E-state index in [9.17, 15) is 14.3 Å². The van der Waals surface area contributed by atoms with Crippen molar-refractivity contribution in [3.05, 3.63) is 41.8 Å². The molecule has 3 heterocycles. The first-order chi connectivity index (χ1) is 12.1. The Morgan fingerprint density at radius 1 is 1.12 bits per heavy atom. The highest BCUT2D eigenvalue weighted by Gasteiger charge is 2.21.